The first-order valence-electron chi connectivity index (χ1n) is 12.2. The SMILES string of the molecule is C=CCCOC(=O)N[C@@H](Cc1ccccc1)[C@H](O)CN(CC(C)C)S(=O)(=O)c1ccc(NC(C)=O)cc1. The van der Waals surface area contributed by atoms with Gasteiger partial charge in [-0.1, -0.05) is 50.3 Å². The molecule has 0 aliphatic heterocycles. The summed E-state index contributed by atoms with van der Waals surface area (Å²) < 4.78 is 33.4. The molecule has 10 heteroatoms. The molecule has 0 saturated carbocycles. The Morgan fingerprint density at radius 1 is 1.08 bits per heavy atom. The van der Waals surface area contributed by atoms with E-state index in [0.29, 0.717) is 12.1 Å². The van der Waals surface area contributed by atoms with Gasteiger partial charge in [-0.3, -0.25) is 4.79 Å². The quantitative estimate of drug-likeness (QED) is 0.253. The molecule has 2 amide bonds. The highest BCUT2D eigenvalue weighted by molar-refractivity contribution is 7.89. The third-order valence-corrected chi connectivity index (χ3v) is 7.24. The van der Waals surface area contributed by atoms with Gasteiger partial charge in [0, 0.05) is 25.7 Å². The molecule has 0 saturated heterocycles. The summed E-state index contributed by atoms with van der Waals surface area (Å²) in [4.78, 5) is 23.7. The van der Waals surface area contributed by atoms with Crippen molar-refractivity contribution in [3.05, 3.63) is 72.8 Å². The summed E-state index contributed by atoms with van der Waals surface area (Å²) in [5.41, 5.74) is 1.34. The van der Waals surface area contributed by atoms with E-state index in [4.69, 9.17) is 4.74 Å². The van der Waals surface area contributed by atoms with E-state index in [-0.39, 0.29) is 42.8 Å². The summed E-state index contributed by atoms with van der Waals surface area (Å²) in [6.45, 7) is 8.79. The van der Waals surface area contributed by atoms with Gasteiger partial charge in [-0.2, -0.15) is 4.31 Å². The van der Waals surface area contributed by atoms with E-state index in [1.807, 2.05) is 44.2 Å². The van der Waals surface area contributed by atoms with Crippen molar-refractivity contribution in [3.8, 4) is 0 Å². The van der Waals surface area contributed by atoms with Crippen molar-refractivity contribution in [1.82, 2.24) is 9.62 Å². The van der Waals surface area contributed by atoms with E-state index in [1.54, 1.807) is 6.08 Å². The van der Waals surface area contributed by atoms with Crippen LogP contribution in [0, 0.1) is 5.92 Å². The number of carbonyl (C=O) groups is 2. The minimum atomic E-state index is -3.98. The lowest BCUT2D eigenvalue weighted by Crippen LogP contribution is -2.51. The Kier molecular flexibility index (Phi) is 11.8. The van der Waals surface area contributed by atoms with Gasteiger partial charge in [0.1, 0.15) is 0 Å². The third-order valence-electron chi connectivity index (χ3n) is 5.39. The summed E-state index contributed by atoms with van der Waals surface area (Å²) in [7, 11) is -3.98. The number of anilines is 1. The molecule has 0 unspecified atom stereocenters. The Hall–Kier alpha value is -3.21. The van der Waals surface area contributed by atoms with E-state index in [9.17, 15) is 23.1 Å². The summed E-state index contributed by atoms with van der Waals surface area (Å²) in [6, 6.07) is 14.3. The molecular formula is C27H37N3O6S. The molecule has 0 radical (unpaired) electrons. The maximum atomic E-state index is 13.5. The van der Waals surface area contributed by atoms with Gasteiger partial charge in [0.25, 0.3) is 0 Å². The van der Waals surface area contributed by atoms with Gasteiger partial charge in [0.2, 0.25) is 15.9 Å². The minimum Gasteiger partial charge on any atom is -0.449 e. The van der Waals surface area contributed by atoms with Crippen molar-refractivity contribution >= 4 is 27.7 Å². The topological polar surface area (TPSA) is 125 Å². The highest BCUT2D eigenvalue weighted by atomic mass is 32.2. The monoisotopic (exact) mass is 531 g/mol. The van der Waals surface area contributed by atoms with Gasteiger partial charge in [-0.15, -0.1) is 6.58 Å². The minimum absolute atomic E-state index is 0.0231. The number of benzene rings is 2. The molecule has 0 fully saturated rings. The molecule has 0 aromatic heterocycles. The normalized spacial score (nSPS) is 13.1. The molecule has 0 heterocycles. The highest BCUT2D eigenvalue weighted by Gasteiger charge is 2.31. The fourth-order valence-corrected chi connectivity index (χ4v) is 5.28. The molecule has 3 N–H and O–H groups in total. The van der Waals surface area contributed by atoms with Crippen LogP contribution in [0.4, 0.5) is 10.5 Å². The van der Waals surface area contributed by atoms with E-state index < -0.39 is 28.3 Å². The van der Waals surface area contributed by atoms with E-state index >= 15 is 0 Å². The number of amides is 2. The standard InChI is InChI=1S/C27H37N3O6S/c1-5-6-16-36-27(33)29-25(17-22-10-8-7-9-11-22)26(32)19-30(18-20(2)3)37(34,35)24-14-12-23(13-15-24)28-21(4)31/h5,7-15,20,25-26,32H,1,6,16-19H2,2-4H3,(H,28,31)(H,29,33)/t25-,26+/m0/s1. The van der Waals surface area contributed by atoms with Crippen LogP contribution in [-0.4, -0.2) is 61.7 Å². The Bertz CT molecular complexity index is 1120. The van der Waals surface area contributed by atoms with Crippen LogP contribution in [0.15, 0.2) is 72.1 Å². The van der Waals surface area contributed by atoms with Crippen LogP contribution >= 0.6 is 0 Å². The smallest absolute Gasteiger partial charge is 0.407 e. The molecule has 37 heavy (non-hydrogen) atoms. The van der Waals surface area contributed by atoms with Crippen molar-refractivity contribution in [2.45, 2.75) is 50.7 Å². The second-order valence-corrected chi connectivity index (χ2v) is 11.1. The van der Waals surface area contributed by atoms with Crippen LogP contribution < -0.4 is 10.6 Å². The number of hydrogen-bond donors (Lipinski definition) is 3. The number of nitrogens with zero attached hydrogens (tertiary/aromatic N) is 1. The lowest BCUT2D eigenvalue weighted by atomic mass is 10.0. The van der Waals surface area contributed by atoms with Crippen LogP contribution in [0.25, 0.3) is 0 Å². The number of aliphatic hydroxyl groups is 1. The number of rotatable bonds is 14. The fourth-order valence-electron chi connectivity index (χ4n) is 3.66. The summed E-state index contributed by atoms with van der Waals surface area (Å²) in [5.74, 6) is -0.287. The fraction of sp³-hybridized carbons (Fsp3) is 0.407. The molecule has 0 aliphatic rings. The van der Waals surface area contributed by atoms with Crippen LogP contribution in [-0.2, 0) is 26.0 Å². The molecule has 2 rings (SSSR count). The van der Waals surface area contributed by atoms with E-state index in [2.05, 4.69) is 17.2 Å². The molecular weight excluding hydrogens is 494 g/mol. The molecule has 2 atom stereocenters. The van der Waals surface area contributed by atoms with Crippen molar-refractivity contribution in [2.75, 3.05) is 25.0 Å². The first-order valence-corrected chi connectivity index (χ1v) is 13.6. The van der Waals surface area contributed by atoms with Gasteiger partial charge in [0.05, 0.1) is 23.6 Å². The number of aliphatic hydroxyl groups excluding tert-OH is 1. The number of alkyl carbamates (subject to hydrolysis) is 1. The maximum Gasteiger partial charge on any atom is 0.407 e. The van der Waals surface area contributed by atoms with Gasteiger partial charge >= 0.3 is 6.09 Å². The molecule has 0 spiro atoms. The first-order chi connectivity index (χ1) is 17.5. The largest absolute Gasteiger partial charge is 0.449 e. The number of sulfonamides is 1. The van der Waals surface area contributed by atoms with Gasteiger partial charge in [-0.25, -0.2) is 13.2 Å². The van der Waals surface area contributed by atoms with Crippen molar-refractivity contribution in [1.29, 1.82) is 0 Å². The Labute approximate surface area is 219 Å². The molecule has 202 valence electrons. The third kappa shape index (κ3) is 9.99. The van der Waals surface area contributed by atoms with Crippen molar-refractivity contribution in [3.63, 3.8) is 0 Å². The maximum absolute atomic E-state index is 13.5. The Morgan fingerprint density at radius 3 is 2.30 bits per heavy atom. The molecule has 0 bridgehead atoms. The number of nitrogens with one attached hydrogen (secondary N) is 2. The predicted octanol–water partition coefficient (Wildman–Crippen LogP) is 3.57. The Balaban J connectivity index is 2.27. The van der Waals surface area contributed by atoms with E-state index in [0.717, 1.165) is 5.56 Å². The number of hydrogen-bond acceptors (Lipinski definition) is 6. The zero-order valence-corrected chi connectivity index (χ0v) is 22.4. The van der Waals surface area contributed by atoms with Gasteiger partial charge in [-0.05, 0) is 48.6 Å². The summed E-state index contributed by atoms with van der Waals surface area (Å²) in [6.07, 6.45) is 0.467. The second kappa shape index (κ2) is 14.5. The van der Waals surface area contributed by atoms with E-state index in [1.165, 1.54) is 35.5 Å². The molecule has 2 aromatic carbocycles. The van der Waals surface area contributed by atoms with Crippen LogP contribution in [0.1, 0.15) is 32.8 Å². The van der Waals surface area contributed by atoms with Crippen LogP contribution in [0.3, 0.4) is 0 Å². The lowest BCUT2D eigenvalue weighted by molar-refractivity contribution is -0.114. The summed E-state index contributed by atoms with van der Waals surface area (Å²) in [5, 5.41) is 16.5. The zero-order chi connectivity index (χ0) is 27.4. The average Bonchev–Trinajstić information content (AvgIpc) is 2.83. The second-order valence-electron chi connectivity index (χ2n) is 9.14. The van der Waals surface area contributed by atoms with Crippen LogP contribution in [0.5, 0.6) is 0 Å². The lowest BCUT2D eigenvalue weighted by Gasteiger charge is -2.30. The molecule has 9 nitrogen and oxygen atoms in total. The predicted molar refractivity (Wildman–Crippen MR) is 144 cm³/mol. The average molecular weight is 532 g/mol. The van der Waals surface area contributed by atoms with Gasteiger partial charge < -0.3 is 20.5 Å². The van der Waals surface area contributed by atoms with Gasteiger partial charge in [0.15, 0.2) is 0 Å². The number of carbonyl (C=O) groups excluding carboxylic acids is 2. The molecule has 0 aliphatic carbocycles. The zero-order valence-electron chi connectivity index (χ0n) is 21.6. The first kappa shape index (κ1) is 30.0. The number of ether oxygens (including phenoxy) is 1. The highest BCUT2D eigenvalue weighted by Crippen LogP contribution is 2.21. The molecule has 2 aromatic rings. The van der Waals surface area contributed by atoms with Crippen molar-refractivity contribution < 1.29 is 27.9 Å². The van der Waals surface area contributed by atoms with Crippen molar-refractivity contribution in [2.24, 2.45) is 5.92 Å². The summed E-state index contributed by atoms with van der Waals surface area (Å²) >= 11 is 0. The van der Waals surface area contributed by atoms with Crippen LogP contribution in [0.2, 0.25) is 0 Å². The Morgan fingerprint density at radius 2 is 1.73 bits per heavy atom.